The average molecular weight is 834 g/mol. The lowest BCUT2D eigenvalue weighted by Gasteiger charge is -2.46. The fourth-order valence-electron chi connectivity index (χ4n) is 10.1. The van der Waals surface area contributed by atoms with E-state index in [2.05, 4.69) is 22.1 Å². The van der Waals surface area contributed by atoms with Gasteiger partial charge in [-0.1, -0.05) is 84.6 Å². The number of amides is 2. The number of hydrogen-bond acceptors (Lipinski definition) is 10. The van der Waals surface area contributed by atoms with E-state index in [1.165, 1.54) is 0 Å². The van der Waals surface area contributed by atoms with E-state index in [-0.39, 0.29) is 38.7 Å². The van der Waals surface area contributed by atoms with Crippen LogP contribution in [0.1, 0.15) is 63.6 Å². The number of nitrogens with one attached hydrogen (secondary N) is 1. The van der Waals surface area contributed by atoms with Crippen LogP contribution in [0.15, 0.2) is 115 Å². The smallest absolute Gasteiger partial charge is 0.324 e. The maximum atomic E-state index is 16.0. The monoisotopic (exact) mass is 833 g/mol. The number of hydrogen-bond donors (Lipinski definition) is 3. The highest BCUT2D eigenvalue weighted by molar-refractivity contribution is 6.12. The molecule has 3 N–H and O–H groups in total. The van der Waals surface area contributed by atoms with Crippen molar-refractivity contribution >= 4 is 23.5 Å². The van der Waals surface area contributed by atoms with Crippen molar-refractivity contribution < 1.29 is 43.5 Å². The van der Waals surface area contributed by atoms with E-state index in [4.69, 9.17) is 18.9 Å². The van der Waals surface area contributed by atoms with Gasteiger partial charge in [0.05, 0.1) is 45.4 Å². The maximum absolute atomic E-state index is 16.0. The van der Waals surface area contributed by atoms with E-state index in [0.717, 1.165) is 22.3 Å². The number of anilines is 1. The van der Waals surface area contributed by atoms with Gasteiger partial charge in [-0.25, -0.2) is 0 Å². The van der Waals surface area contributed by atoms with Crippen LogP contribution < -0.4 is 19.5 Å². The molecule has 62 heavy (non-hydrogen) atoms. The third-order valence-electron chi connectivity index (χ3n) is 12.6. The number of cyclic esters (lactones) is 1. The lowest BCUT2D eigenvalue weighted by Crippen LogP contribution is -2.56. The minimum absolute atomic E-state index is 0.0358. The average Bonchev–Trinajstić information content (AvgIpc) is 3.79. The largest absolute Gasteiger partial charge is 0.493 e. The van der Waals surface area contributed by atoms with Crippen molar-refractivity contribution in [1.29, 1.82) is 0 Å². The third-order valence-corrected chi connectivity index (χ3v) is 12.6. The summed E-state index contributed by atoms with van der Waals surface area (Å²) in [6.07, 6.45) is -0.0735. The molecule has 5 aromatic rings. The second-order valence-corrected chi connectivity index (χ2v) is 15.9. The minimum atomic E-state index is -1.73. The SMILES string of the molecule is COc1cc2c(cc1OC)CN(C(=O)C1C3C(=O)OC(c4ccccc4)C(c4ccccc4)N3C(c3cccc(OCCO)c3)C13C(=O)Nc1ccc(C#CCCO)cc13)CC2. The lowest BCUT2D eigenvalue weighted by molar-refractivity contribution is -0.179. The Morgan fingerprint density at radius 2 is 1.53 bits per heavy atom. The number of aliphatic hydroxyl groups excluding tert-OH is 2. The quantitative estimate of drug-likeness (QED) is 0.119. The zero-order valence-electron chi connectivity index (χ0n) is 34.5. The zero-order valence-corrected chi connectivity index (χ0v) is 34.5. The molecule has 0 aromatic heterocycles. The predicted molar refractivity (Wildman–Crippen MR) is 229 cm³/mol. The molecule has 0 aliphatic carbocycles. The van der Waals surface area contributed by atoms with Gasteiger partial charge in [-0.3, -0.25) is 19.3 Å². The van der Waals surface area contributed by atoms with E-state index in [1.807, 2.05) is 97.1 Å². The Morgan fingerprint density at radius 1 is 0.823 bits per heavy atom. The molecule has 6 atom stereocenters. The number of esters is 1. The summed E-state index contributed by atoms with van der Waals surface area (Å²) < 4.78 is 23.8. The first-order chi connectivity index (χ1) is 30.3. The molecule has 4 heterocycles. The van der Waals surface area contributed by atoms with Gasteiger partial charge in [-0.2, -0.15) is 0 Å². The van der Waals surface area contributed by atoms with Crippen LogP contribution in [0.5, 0.6) is 17.2 Å². The first-order valence-electron chi connectivity index (χ1n) is 20.8. The van der Waals surface area contributed by atoms with E-state index < -0.39 is 47.4 Å². The van der Waals surface area contributed by atoms with Gasteiger partial charge >= 0.3 is 5.97 Å². The standard InChI is InChI=1S/C50H47N3O9/c1-59-40-28-34-21-22-52(30-36(34)29-41(40)60-2)47(56)42-44-48(57)62-45(33-15-7-4-8-16-33)43(32-13-5-3-6-14-32)53(44)46(35-17-11-18-37(27-35)61-25-24-55)50(42)38-26-31(12-9-10-23-54)19-20-39(38)51-49(50)58/h3-8,11,13-20,26-29,42-46,54-55H,10,21-25,30H2,1-2H3,(H,51,58). The molecule has 4 aliphatic rings. The van der Waals surface area contributed by atoms with Crippen LogP contribution in [0.4, 0.5) is 5.69 Å². The van der Waals surface area contributed by atoms with E-state index >= 15 is 14.4 Å². The summed E-state index contributed by atoms with van der Waals surface area (Å²) >= 11 is 0. The molecule has 2 saturated heterocycles. The van der Waals surface area contributed by atoms with Crippen molar-refractivity contribution in [3.8, 4) is 29.1 Å². The number of morpholine rings is 1. The molecule has 2 fully saturated rings. The molecule has 12 nitrogen and oxygen atoms in total. The van der Waals surface area contributed by atoms with Crippen molar-refractivity contribution in [1.82, 2.24) is 9.80 Å². The van der Waals surface area contributed by atoms with Gasteiger partial charge in [0.2, 0.25) is 11.8 Å². The third kappa shape index (κ3) is 6.83. The summed E-state index contributed by atoms with van der Waals surface area (Å²) in [5, 5.41) is 22.4. The van der Waals surface area contributed by atoms with Crippen LogP contribution in [0.25, 0.3) is 0 Å². The minimum Gasteiger partial charge on any atom is -0.493 e. The topological polar surface area (TPSA) is 147 Å². The highest BCUT2D eigenvalue weighted by Crippen LogP contribution is 2.65. The van der Waals surface area contributed by atoms with Crippen LogP contribution in [-0.4, -0.2) is 84.4 Å². The van der Waals surface area contributed by atoms with Crippen LogP contribution in [0.2, 0.25) is 0 Å². The first kappa shape index (κ1) is 40.7. The van der Waals surface area contributed by atoms with Crippen LogP contribution >= 0.6 is 0 Å². The van der Waals surface area contributed by atoms with Crippen molar-refractivity contribution in [2.75, 3.05) is 45.9 Å². The number of aliphatic hydroxyl groups is 2. The summed E-state index contributed by atoms with van der Waals surface area (Å²) in [5.41, 5.74) is 3.97. The molecule has 4 aliphatic heterocycles. The number of methoxy groups -OCH3 is 2. The molecule has 9 rings (SSSR count). The summed E-state index contributed by atoms with van der Waals surface area (Å²) in [6.45, 7) is 0.230. The fraction of sp³-hybridized carbons (Fsp3) is 0.300. The number of benzene rings is 5. The fourth-order valence-corrected chi connectivity index (χ4v) is 10.1. The van der Waals surface area contributed by atoms with Crippen molar-refractivity contribution in [3.05, 3.63) is 154 Å². The summed E-state index contributed by atoms with van der Waals surface area (Å²) in [5.74, 6) is 4.98. The van der Waals surface area contributed by atoms with Gasteiger partial charge < -0.3 is 39.4 Å². The Morgan fingerprint density at radius 3 is 2.24 bits per heavy atom. The van der Waals surface area contributed by atoms with Gasteiger partial charge in [-0.15, -0.1) is 0 Å². The molecule has 12 heteroatoms. The number of fused-ring (bicyclic) bond motifs is 4. The second kappa shape index (κ2) is 17.0. The van der Waals surface area contributed by atoms with Gasteiger partial charge in [0.1, 0.15) is 29.9 Å². The van der Waals surface area contributed by atoms with Gasteiger partial charge in [-0.05, 0) is 82.3 Å². The Kier molecular flexibility index (Phi) is 11.2. The van der Waals surface area contributed by atoms with Crippen LogP contribution in [-0.2, 0) is 37.5 Å². The number of ether oxygens (including phenoxy) is 4. The van der Waals surface area contributed by atoms with E-state index in [0.29, 0.717) is 52.6 Å². The van der Waals surface area contributed by atoms with Crippen molar-refractivity contribution in [2.45, 2.75) is 49.0 Å². The summed E-state index contributed by atoms with van der Waals surface area (Å²) in [4.78, 5) is 50.7. The number of nitrogens with zero attached hydrogens (tertiary/aromatic N) is 2. The molecule has 0 saturated carbocycles. The Bertz CT molecular complexity index is 2570. The number of carbonyl (C=O) groups is 3. The maximum Gasteiger partial charge on any atom is 0.324 e. The van der Waals surface area contributed by atoms with E-state index in [1.54, 1.807) is 37.3 Å². The molecule has 0 radical (unpaired) electrons. The molecule has 5 aromatic carbocycles. The van der Waals surface area contributed by atoms with E-state index in [9.17, 15) is 10.2 Å². The predicted octanol–water partition coefficient (Wildman–Crippen LogP) is 5.66. The number of carbonyl (C=O) groups excluding carboxylic acids is 3. The number of rotatable bonds is 10. The highest BCUT2D eigenvalue weighted by atomic mass is 16.6. The molecule has 6 unspecified atom stereocenters. The second-order valence-electron chi connectivity index (χ2n) is 15.9. The van der Waals surface area contributed by atoms with Crippen LogP contribution in [0, 0.1) is 17.8 Å². The molecule has 1 spiro atoms. The van der Waals surface area contributed by atoms with Gasteiger partial charge in [0.25, 0.3) is 0 Å². The molecule has 0 bridgehead atoms. The van der Waals surface area contributed by atoms with Gasteiger partial charge in [0, 0.05) is 30.8 Å². The normalized spacial score (nSPS) is 23.6. The van der Waals surface area contributed by atoms with Crippen LogP contribution in [0.3, 0.4) is 0 Å². The molecular formula is C50H47N3O9. The molecule has 316 valence electrons. The van der Waals surface area contributed by atoms with Gasteiger partial charge in [0.15, 0.2) is 11.5 Å². The van der Waals surface area contributed by atoms with Crippen molar-refractivity contribution in [3.63, 3.8) is 0 Å². The highest BCUT2D eigenvalue weighted by Gasteiger charge is 2.74. The first-order valence-corrected chi connectivity index (χ1v) is 20.8. The zero-order chi connectivity index (χ0) is 43.0. The summed E-state index contributed by atoms with van der Waals surface area (Å²) in [6, 6.07) is 33.0. The molecule has 2 amide bonds. The Labute approximate surface area is 360 Å². The molecular weight excluding hydrogens is 787 g/mol. The summed E-state index contributed by atoms with van der Waals surface area (Å²) in [7, 11) is 3.15. The Hall–Kier alpha value is -6.65. The lowest BCUT2D eigenvalue weighted by atomic mass is 9.64. The van der Waals surface area contributed by atoms with Crippen molar-refractivity contribution in [2.24, 2.45) is 5.92 Å². The Balaban J connectivity index is 1.31.